The maximum absolute atomic E-state index is 12.8. The van der Waals surface area contributed by atoms with E-state index in [0.717, 1.165) is 0 Å². The van der Waals surface area contributed by atoms with Gasteiger partial charge >= 0.3 is 0 Å². The van der Waals surface area contributed by atoms with Gasteiger partial charge in [0.15, 0.2) is 0 Å². The van der Waals surface area contributed by atoms with Crippen LogP contribution in [0.3, 0.4) is 0 Å². The highest BCUT2D eigenvalue weighted by molar-refractivity contribution is 9.10. The second-order valence-electron chi connectivity index (χ2n) is 3.41. The van der Waals surface area contributed by atoms with Crippen molar-refractivity contribution in [3.8, 4) is 5.75 Å². The summed E-state index contributed by atoms with van der Waals surface area (Å²) in [5.41, 5.74) is 0. The standard InChI is InChI=1S/C11H12BrFO2/c1-7(14)5-8(2)15-11-4-3-9(13)6-10(11)12/h3-4,6,8H,5H2,1-2H3. The Balaban J connectivity index is 2.68. The van der Waals surface area contributed by atoms with Crippen molar-refractivity contribution in [3.63, 3.8) is 0 Å². The lowest BCUT2D eigenvalue weighted by Gasteiger charge is -2.14. The van der Waals surface area contributed by atoms with Crippen molar-refractivity contribution in [2.45, 2.75) is 26.4 Å². The zero-order chi connectivity index (χ0) is 11.4. The molecule has 0 N–H and O–H groups in total. The molecule has 82 valence electrons. The van der Waals surface area contributed by atoms with Crippen LogP contribution in [0.5, 0.6) is 5.75 Å². The lowest BCUT2D eigenvalue weighted by molar-refractivity contribution is -0.118. The first kappa shape index (κ1) is 12.2. The molecule has 0 radical (unpaired) electrons. The molecule has 0 bridgehead atoms. The first-order valence-electron chi connectivity index (χ1n) is 4.60. The molecule has 1 aromatic rings. The highest BCUT2D eigenvalue weighted by Gasteiger charge is 2.09. The third-order valence-electron chi connectivity index (χ3n) is 1.80. The second-order valence-corrected chi connectivity index (χ2v) is 4.26. The predicted octanol–water partition coefficient (Wildman–Crippen LogP) is 3.33. The maximum Gasteiger partial charge on any atom is 0.134 e. The maximum atomic E-state index is 12.8. The molecule has 1 rings (SSSR count). The van der Waals surface area contributed by atoms with Gasteiger partial charge in [-0.3, -0.25) is 4.79 Å². The number of benzene rings is 1. The Labute approximate surface area is 96.6 Å². The molecule has 0 heterocycles. The zero-order valence-electron chi connectivity index (χ0n) is 8.59. The van der Waals surface area contributed by atoms with Crippen molar-refractivity contribution in [1.82, 2.24) is 0 Å². The monoisotopic (exact) mass is 274 g/mol. The van der Waals surface area contributed by atoms with Gasteiger partial charge in [-0.25, -0.2) is 4.39 Å². The number of hydrogen-bond donors (Lipinski definition) is 0. The Bertz CT molecular complexity index is 366. The summed E-state index contributed by atoms with van der Waals surface area (Å²) in [6.45, 7) is 3.32. The van der Waals surface area contributed by atoms with E-state index in [0.29, 0.717) is 16.6 Å². The quantitative estimate of drug-likeness (QED) is 0.842. The van der Waals surface area contributed by atoms with Crippen LogP contribution in [0.1, 0.15) is 20.3 Å². The topological polar surface area (TPSA) is 26.3 Å². The largest absolute Gasteiger partial charge is 0.489 e. The molecule has 0 saturated carbocycles. The first-order chi connectivity index (χ1) is 6.99. The highest BCUT2D eigenvalue weighted by Crippen LogP contribution is 2.26. The zero-order valence-corrected chi connectivity index (χ0v) is 10.2. The minimum atomic E-state index is -0.326. The third-order valence-corrected chi connectivity index (χ3v) is 2.42. The molecule has 0 aliphatic rings. The van der Waals surface area contributed by atoms with Gasteiger partial charge < -0.3 is 4.74 Å². The smallest absolute Gasteiger partial charge is 0.134 e. The van der Waals surface area contributed by atoms with Crippen LogP contribution >= 0.6 is 15.9 Å². The van der Waals surface area contributed by atoms with Crippen LogP contribution in [0.15, 0.2) is 22.7 Å². The Morgan fingerprint density at radius 2 is 2.27 bits per heavy atom. The molecule has 4 heteroatoms. The van der Waals surface area contributed by atoms with Crippen LogP contribution in [0.4, 0.5) is 4.39 Å². The SMILES string of the molecule is CC(=O)CC(C)Oc1ccc(F)cc1Br. The molecule has 0 aliphatic heterocycles. The molecular formula is C11H12BrFO2. The van der Waals surface area contributed by atoms with Crippen molar-refractivity contribution >= 4 is 21.7 Å². The van der Waals surface area contributed by atoms with E-state index in [1.54, 1.807) is 6.92 Å². The number of ketones is 1. The van der Waals surface area contributed by atoms with Crippen LogP contribution in [0.25, 0.3) is 0 Å². The van der Waals surface area contributed by atoms with Gasteiger partial charge in [0.25, 0.3) is 0 Å². The molecule has 0 aliphatic carbocycles. The average Bonchev–Trinajstić information content (AvgIpc) is 2.08. The molecule has 1 aromatic carbocycles. The summed E-state index contributed by atoms with van der Waals surface area (Å²) in [5, 5.41) is 0. The van der Waals surface area contributed by atoms with Crippen molar-refractivity contribution < 1.29 is 13.9 Å². The first-order valence-corrected chi connectivity index (χ1v) is 5.39. The molecule has 15 heavy (non-hydrogen) atoms. The number of carbonyl (C=O) groups excluding carboxylic acids is 1. The number of Topliss-reactive ketones (excluding diaryl/α,β-unsaturated/α-hetero) is 1. The Morgan fingerprint density at radius 3 is 2.80 bits per heavy atom. The Kier molecular flexibility index (Phi) is 4.27. The van der Waals surface area contributed by atoms with Gasteiger partial charge in [0.05, 0.1) is 4.47 Å². The van der Waals surface area contributed by atoms with Crippen molar-refractivity contribution in [1.29, 1.82) is 0 Å². The normalized spacial score (nSPS) is 12.3. The summed E-state index contributed by atoms with van der Waals surface area (Å²) in [6.07, 6.45) is 0.147. The van der Waals surface area contributed by atoms with E-state index in [1.165, 1.54) is 25.1 Å². The van der Waals surface area contributed by atoms with Gasteiger partial charge in [-0.15, -0.1) is 0 Å². The van der Waals surface area contributed by atoms with Crippen LogP contribution in [-0.2, 0) is 4.79 Å². The molecule has 0 saturated heterocycles. The van der Waals surface area contributed by atoms with E-state index in [1.807, 2.05) is 0 Å². The molecule has 1 unspecified atom stereocenters. The lowest BCUT2D eigenvalue weighted by atomic mass is 10.2. The van der Waals surface area contributed by atoms with E-state index in [-0.39, 0.29) is 17.7 Å². The molecule has 1 atom stereocenters. The van der Waals surface area contributed by atoms with Gasteiger partial charge in [-0.2, -0.15) is 0 Å². The minimum absolute atomic E-state index is 0.0701. The van der Waals surface area contributed by atoms with Crippen molar-refractivity contribution in [2.24, 2.45) is 0 Å². The number of hydrogen-bond acceptors (Lipinski definition) is 2. The number of ether oxygens (including phenoxy) is 1. The Morgan fingerprint density at radius 1 is 1.60 bits per heavy atom. The van der Waals surface area contributed by atoms with Gasteiger partial charge in [0.1, 0.15) is 23.5 Å². The highest BCUT2D eigenvalue weighted by atomic mass is 79.9. The minimum Gasteiger partial charge on any atom is -0.489 e. The van der Waals surface area contributed by atoms with Gasteiger partial charge in [-0.1, -0.05) is 0 Å². The summed E-state index contributed by atoms with van der Waals surface area (Å²) < 4.78 is 18.8. The van der Waals surface area contributed by atoms with Crippen molar-refractivity contribution in [3.05, 3.63) is 28.5 Å². The molecule has 0 spiro atoms. The summed E-state index contributed by atoms with van der Waals surface area (Å²) in [4.78, 5) is 10.8. The van der Waals surface area contributed by atoms with E-state index < -0.39 is 0 Å². The fourth-order valence-corrected chi connectivity index (χ4v) is 1.68. The van der Waals surface area contributed by atoms with E-state index in [2.05, 4.69) is 15.9 Å². The number of carbonyl (C=O) groups is 1. The third kappa shape index (κ3) is 4.00. The summed E-state index contributed by atoms with van der Waals surface area (Å²) in [5.74, 6) is 0.291. The van der Waals surface area contributed by atoms with Gasteiger partial charge in [0, 0.05) is 6.42 Å². The Hall–Kier alpha value is -0.900. The van der Waals surface area contributed by atoms with Crippen molar-refractivity contribution in [2.75, 3.05) is 0 Å². The average molecular weight is 275 g/mol. The summed E-state index contributed by atoms with van der Waals surface area (Å²) in [6, 6.07) is 4.19. The number of rotatable bonds is 4. The molecule has 0 fully saturated rings. The van der Waals surface area contributed by atoms with Crippen LogP contribution in [0, 0.1) is 5.82 Å². The fraction of sp³-hybridized carbons (Fsp3) is 0.364. The van der Waals surface area contributed by atoms with Gasteiger partial charge in [0.2, 0.25) is 0 Å². The van der Waals surface area contributed by atoms with Gasteiger partial charge in [-0.05, 0) is 48.0 Å². The lowest BCUT2D eigenvalue weighted by Crippen LogP contribution is -2.15. The van der Waals surface area contributed by atoms with E-state index in [4.69, 9.17) is 4.74 Å². The van der Waals surface area contributed by atoms with Crippen LogP contribution < -0.4 is 4.74 Å². The summed E-state index contributed by atoms with van der Waals surface area (Å²) in [7, 11) is 0. The van der Waals surface area contributed by atoms with E-state index in [9.17, 15) is 9.18 Å². The fourth-order valence-electron chi connectivity index (χ4n) is 1.23. The van der Waals surface area contributed by atoms with Crippen LogP contribution in [0.2, 0.25) is 0 Å². The molecule has 2 nitrogen and oxygen atoms in total. The predicted molar refractivity (Wildman–Crippen MR) is 59.5 cm³/mol. The van der Waals surface area contributed by atoms with Crippen LogP contribution in [-0.4, -0.2) is 11.9 Å². The number of halogens is 2. The van der Waals surface area contributed by atoms with E-state index >= 15 is 0 Å². The molecule has 0 amide bonds. The molecular weight excluding hydrogens is 263 g/mol. The second kappa shape index (κ2) is 5.26. The summed E-state index contributed by atoms with van der Waals surface area (Å²) >= 11 is 3.19. The molecule has 0 aromatic heterocycles.